The second kappa shape index (κ2) is 4.31. The van der Waals surface area contributed by atoms with Crippen LogP contribution in [0.4, 0.5) is 5.82 Å². The first-order valence-corrected chi connectivity index (χ1v) is 5.53. The smallest absolute Gasteiger partial charge is 0.142 e. The number of nitriles is 1. The molecule has 3 aromatic heterocycles. The summed E-state index contributed by atoms with van der Waals surface area (Å²) < 4.78 is 5.33. The molecular formula is C13H9N5O. The number of nitrogen functional groups attached to an aromatic ring is 1. The Kier molecular flexibility index (Phi) is 2.50. The van der Waals surface area contributed by atoms with Crippen molar-refractivity contribution in [1.82, 2.24) is 15.2 Å². The van der Waals surface area contributed by atoms with Gasteiger partial charge < -0.3 is 10.2 Å². The Morgan fingerprint density at radius 3 is 2.95 bits per heavy atom. The molecule has 0 amide bonds. The van der Waals surface area contributed by atoms with Gasteiger partial charge in [0.2, 0.25) is 0 Å². The maximum absolute atomic E-state index is 9.19. The van der Waals surface area contributed by atoms with Crippen LogP contribution in [0.2, 0.25) is 0 Å². The van der Waals surface area contributed by atoms with Crippen LogP contribution in [-0.4, -0.2) is 15.2 Å². The summed E-state index contributed by atoms with van der Waals surface area (Å²) in [7, 11) is 0. The summed E-state index contributed by atoms with van der Waals surface area (Å²) in [5.41, 5.74) is 8.20. The van der Waals surface area contributed by atoms with Crippen molar-refractivity contribution in [1.29, 1.82) is 5.26 Å². The van der Waals surface area contributed by atoms with E-state index in [2.05, 4.69) is 21.3 Å². The molecule has 0 saturated heterocycles. The van der Waals surface area contributed by atoms with Gasteiger partial charge in [-0.2, -0.15) is 10.4 Å². The molecule has 3 heterocycles. The summed E-state index contributed by atoms with van der Waals surface area (Å²) in [6.07, 6.45) is 4.89. The maximum Gasteiger partial charge on any atom is 0.142 e. The lowest BCUT2D eigenvalue weighted by Gasteiger charge is -2.06. The molecule has 3 N–H and O–H groups in total. The van der Waals surface area contributed by atoms with Crippen LogP contribution in [0.15, 0.2) is 41.3 Å². The van der Waals surface area contributed by atoms with Gasteiger partial charge in [-0.1, -0.05) is 0 Å². The van der Waals surface area contributed by atoms with E-state index in [-0.39, 0.29) is 5.82 Å². The second-order valence-corrected chi connectivity index (χ2v) is 3.89. The molecule has 92 valence electrons. The molecule has 19 heavy (non-hydrogen) atoms. The summed E-state index contributed by atoms with van der Waals surface area (Å²) in [6.45, 7) is 0. The van der Waals surface area contributed by atoms with E-state index < -0.39 is 0 Å². The lowest BCUT2D eigenvalue weighted by molar-refractivity contribution is 0.582. The third kappa shape index (κ3) is 1.83. The quantitative estimate of drug-likeness (QED) is 0.726. The zero-order chi connectivity index (χ0) is 13.2. The number of nitrogens with one attached hydrogen (secondary N) is 1. The second-order valence-electron chi connectivity index (χ2n) is 3.89. The largest absolute Gasteiger partial charge is 0.464 e. The van der Waals surface area contributed by atoms with Crippen molar-refractivity contribution in [2.24, 2.45) is 0 Å². The molecule has 0 fully saturated rings. The standard InChI is InChI=1S/C13H9N5O/c14-5-10-9(12-2-1-3-19-12)4-11(18-13(10)15)8-6-16-17-7-8/h1-4,6-7H,(H2,15,18)(H,16,17). The van der Waals surface area contributed by atoms with E-state index in [9.17, 15) is 5.26 Å². The molecule has 0 aliphatic rings. The Balaban J connectivity index is 2.25. The van der Waals surface area contributed by atoms with Crippen LogP contribution in [0.3, 0.4) is 0 Å². The van der Waals surface area contributed by atoms with Crippen molar-refractivity contribution < 1.29 is 4.42 Å². The normalized spacial score (nSPS) is 10.3. The third-order valence-electron chi connectivity index (χ3n) is 2.74. The van der Waals surface area contributed by atoms with E-state index in [0.29, 0.717) is 22.6 Å². The van der Waals surface area contributed by atoms with Gasteiger partial charge in [-0.05, 0) is 18.2 Å². The van der Waals surface area contributed by atoms with Crippen molar-refractivity contribution >= 4 is 5.82 Å². The van der Waals surface area contributed by atoms with Gasteiger partial charge in [0.1, 0.15) is 23.2 Å². The van der Waals surface area contributed by atoms with Gasteiger partial charge in [0.15, 0.2) is 0 Å². The number of anilines is 1. The van der Waals surface area contributed by atoms with Gasteiger partial charge in [-0.3, -0.25) is 5.10 Å². The highest BCUT2D eigenvalue weighted by molar-refractivity contribution is 5.77. The maximum atomic E-state index is 9.19. The van der Waals surface area contributed by atoms with Crippen LogP contribution >= 0.6 is 0 Å². The van der Waals surface area contributed by atoms with Gasteiger partial charge in [0, 0.05) is 17.3 Å². The lowest BCUT2D eigenvalue weighted by atomic mass is 10.0. The molecule has 3 rings (SSSR count). The monoisotopic (exact) mass is 251 g/mol. The van der Waals surface area contributed by atoms with Crippen molar-refractivity contribution in [3.8, 4) is 28.7 Å². The number of hydrogen-bond acceptors (Lipinski definition) is 5. The minimum Gasteiger partial charge on any atom is -0.464 e. The Morgan fingerprint density at radius 1 is 1.42 bits per heavy atom. The fraction of sp³-hybridized carbons (Fsp3) is 0. The molecule has 0 aliphatic carbocycles. The van der Waals surface area contributed by atoms with Crippen molar-refractivity contribution in [3.05, 3.63) is 42.4 Å². The lowest BCUT2D eigenvalue weighted by Crippen LogP contribution is -1.99. The van der Waals surface area contributed by atoms with Gasteiger partial charge in [0.05, 0.1) is 18.2 Å². The number of aromatic amines is 1. The van der Waals surface area contributed by atoms with Crippen LogP contribution in [0, 0.1) is 11.3 Å². The summed E-state index contributed by atoms with van der Waals surface area (Å²) in [5, 5.41) is 15.8. The van der Waals surface area contributed by atoms with Gasteiger partial charge >= 0.3 is 0 Å². The van der Waals surface area contributed by atoms with E-state index in [1.807, 2.05) is 0 Å². The average molecular weight is 251 g/mol. The van der Waals surface area contributed by atoms with E-state index >= 15 is 0 Å². The summed E-state index contributed by atoms with van der Waals surface area (Å²) in [5.74, 6) is 0.753. The highest BCUT2D eigenvalue weighted by Crippen LogP contribution is 2.30. The molecule has 0 radical (unpaired) electrons. The molecule has 0 saturated carbocycles. The van der Waals surface area contributed by atoms with Crippen LogP contribution in [0.1, 0.15) is 5.56 Å². The van der Waals surface area contributed by atoms with Gasteiger partial charge in [-0.15, -0.1) is 0 Å². The van der Waals surface area contributed by atoms with Crippen molar-refractivity contribution in [2.75, 3.05) is 5.73 Å². The van der Waals surface area contributed by atoms with E-state index in [0.717, 1.165) is 5.56 Å². The fourth-order valence-electron chi connectivity index (χ4n) is 1.85. The van der Waals surface area contributed by atoms with E-state index in [1.54, 1.807) is 36.9 Å². The summed E-state index contributed by atoms with van der Waals surface area (Å²) in [6, 6.07) is 7.34. The Bertz CT molecular complexity index is 738. The van der Waals surface area contributed by atoms with E-state index in [4.69, 9.17) is 10.2 Å². The average Bonchev–Trinajstić information content (AvgIpc) is 3.11. The Labute approximate surface area is 108 Å². The van der Waals surface area contributed by atoms with Crippen LogP contribution in [0.25, 0.3) is 22.6 Å². The van der Waals surface area contributed by atoms with Crippen LogP contribution in [-0.2, 0) is 0 Å². The number of rotatable bonds is 2. The first-order chi connectivity index (χ1) is 9.29. The molecule has 0 spiro atoms. The number of nitrogens with zero attached hydrogens (tertiary/aromatic N) is 3. The van der Waals surface area contributed by atoms with Crippen molar-refractivity contribution in [2.45, 2.75) is 0 Å². The SMILES string of the molecule is N#Cc1c(-c2ccco2)cc(-c2cn[nH]c2)nc1N. The van der Waals surface area contributed by atoms with Crippen LogP contribution in [0.5, 0.6) is 0 Å². The number of pyridine rings is 1. The third-order valence-corrected chi connectivity index (χ3v) is 2.74. The molecule has 6 heteroatoms. The molecular weight excluding hydrogens is 242 g/mol. The minimum atomic E-state index is 0.174. The zero-order valence-corrected chi connectivity index (χ0v) is 9.79. The highest BCUT2D eigenvalue weighted by Gasteiger charge is 2.15. The number of aromatic nitrogens is 3. The molecule has 0 unspecified atom stereocenters. The topological polar surface area (TPSA) is 105 Å². The molecule has 6 nitrogen and oxygen atoms in total. The molecule has 0 bridgehead atoms. The first-order valence-electron chi connectivity index (χ1n) is 5.53. The van der Waals surface area contributed by atoms with Crippen molar-refractivity contribution in [3.63, 3.8) is 0 Å². The molecule has 0 atom stereocenters. The summed E-state index contributed by atoms with van der Waals surface area (Å²) >= 11 is 0. The predicted molar refractivity (Wildman–Crippen MR) is 68.6 cm³/mol. The predicted octanol–water partition coefficient (Wildman–Crippen LogP) is 2.19. The van der Waals surface area contributed by atoms with Crippen LogP contribution < -0.4 is 5.73 Å². The first kappa shape index (κ1) is 11.0. The number of nitrogens with two attached hydrogens (primary N) is 1. The Hall–Kier alpha value is -3.07. The molecule has 0 aromatic carbocycles. The minimum absolute atomic E-state index is 0.174. The highest BCUT2D eigenvalue weighted by atomic mass is 16.3. The number of H-pyrrole nitrogens is 1. The fourth-order valence-corrected chi connectivity index (χ4v) is 1.85. The van der Waals surface area contributed by atoms with Gasteiger partial charge in [0.25, 0.3) is 0 Å². The number of hydrogen-bond donors (Lipinski definition) is 2. The Morgan fingerprint density at radius 2 is 2.32 bits per heavy atom. The van der Waals surface area contributed by atoms with E-state index in [1.165, 1.54) is 0 Å². The summed E-state index contributed by atoms with van der Waals surface area (Å²) in [4.78, 5) is 4.21. The molecule has 0 aliphatic heterocycles. The van der Waals surface area contributed by atoms with Gasteiger partial charge in [-0.25, -0.2) is 4.98 Å². The zero-order valence-electron chi connectivity index (χ0n) is 9.79. The molecule has 3 aromatic rings. The number of furan rings is 1.